The Morgan fingerprint density at radius 1 is 1.21 bits per heavy atom. The predicted molar refractivity (Wildman–Crippen MR) is 126 cm³/mol. The van der Waals surface area contributed by atoms with E-state index in [1.165, 1.54) is 42.5 Å². The third-order valence-electron chi connectivity index (χ3n) is 5.30. The molecule has 2 atom stereocenters. The lowest BCUT2D eigenvalue weighted by atomic mass is 9.98. The normalized spacial score (nSPS) is 12.8. The van der Waals surface area contributed by atoms with E-state index in [-0.39, 0.29) is 18.4 Å². The van der Waals surface area contributed by atoms with Crippen molar-refractivity contribution >= 4 is 39.2 Å². The number of anilines is 1. The zero-order chi connectivity index (χ0) is 24.1. The number of benzene rings is 1. The smallest absolute Gasteiger partial charge is 0.261 e. The summed E-state index contributed by atoms with van der Waals surface area (Å²) in [5.74, 6) is -0.122. The minimum absolute atomic E-state index is 0.127. The summed E-state index contributed by atoms with van der Waals surface area (Å²) in [6.07, 6.45) is 1.97. The largest absolute Gasteiger partial charge is 0.493 e. The molecule has 11 heteroatoms. The van der Waals surface area contributed by atoms with Gasteiger partial charge in [0.25, 0.3) is 5.56 Å². The van der Waals surface area contributed by atoms with Crippen molar-refractivity contribution in [1.29, 1.82) is 0 Å². The summed E-state index contributed by atoms with van der Waals surface area (Å²) in [5.41, 5.74) is 0.820. The lowest BCUT2D eigenvalue weighted by molar-refractivity contribution is -0.128. The first-order valence-corrected chi connectivity index (χ1v) is 11.3. The summed E-state index contributed by atoms with van der Waals surface area (Å²) in [7, 11) is 2.97. The van der Waals surface area contributed by atoms with Crippen LogP contribution in [0.3, 0.4) is 0 Å². The van der Waals surface area contributed by atoms with Gasteiger partial charge in [-0.1, -0.05) is 20.3 Å². The van der Waals surface area contributed by atoms with E-state index in [0.717, 1.165) is 5.69 Å². The zero-order valence-corrected chi connectivity index (χ0v) is 20.0. The second-order valence-electron chi connectivity index (χ2n) is 7.62. The minimum atomic E-state index is -0.778. The van der Waals surface area contributed by atoms with E-state index in [9.17, 15) is 14.4 Å². The number of methoxy groups -OCH3 is 2. The molecule has 0 aliphatic carbocycles. The average molecular weight is 474 g/mol. The lowest BCUT2D eigenvalue weighted by Crippen LogP contribution is -2.49. The van der Waals surface area contributed by atoms with E-state index in [2.05, 4.69) is 20.6 Å². The van der Waals surface area contributed by atoms with Gasteiger partial charge in [-0.2, -0.15) is 0 Å². The summed E-state index contributed by atoms with van der Waals surface area (Å²) in [4.78, 5) is 47.0. The quantitative estimate of drug-likeness (QED) is 0.489. The second kappa shape index (κ2) is 10.4. The number of ether oxygens (including phenoxy) is 2. The highest BCUT2D eigenvalue weighted by molar-refractivity contribution is 7.13. The number of hydrogen-bond donors (Lipinski definition) is 2. The number of aryl methyl sites for hydroxylation is 1. The maximum absolute atomic E-state index is 12.9. The van der Waals surface area contributed by atoms with Crippen molar-refractivity contribution in [2.24, 2.45) is 5.92 Å². The molecule has 2 N–H and O–H groups in total. The number of aromatic nitrogens is 3. The highest BCUT2D eigenvalue weighted by Crippen LogP contribution is 2.29. The Kier molecular flexibility index (Phi) is 7.64. The number of carbonyl (C=O) groups excluding carboxylic acids is 2. The van der Waals surface area contributed by atoms with Crippen LogP contribution in [-0.4, -0.2) is 46.6 Å². The van der Waals surface area contributed by atoms with E-state index >= 15 is 0 Å². The Labute approximate surface area is 195 Å². The second-order valence-corrected chi connectivity index (χ2v) is 8.47. The first-order valence-electron chi connectivity index (χ1n) is 10.4. The van der Waals surface area contributed by atoms with Gasteiger partial charge >= 0.3 is 0 Å². The van der Waals surface area contributed by atoms with Crippen molar-refractivity contribution in [3.05, 3.63) is 39.9 Å². The van der Waals surface area contributed by atoms with Crippen molar-refractivity contribution in [3.8, 4) is 11.5 Å². The Hall–Kier alpha value is -3.47. The van der Waals surface area contributed by atoms with Gasteiger partial charge in [-0.3, -0.25) is 19.0 Å². The van der Waals surface area contributed by atoms with Gasteiger partial charge < -0.3 is 20.1 Å². The maximum Gasteiger partial charge on any atom is 0.261 e. The Morgan fingerprint density at radius 2 is 1.91 bits per heavy atom. The molecule has 10 nitrogen and oxygen atoms in total. The fraction of sp³-hybridized carbons (Fsp3) is 0.409. The van der Waals surface area contributed by atoms with Crippen LogP contribution in [0.4, 0.5) is 5.13 Å². The highest BCUT2D eigenvalue weighted by atomic mass is 32.1. The first-order chi connectivity index (χ1) is 15.8. The topological polar surface area (TPSA) is 124 Å². The van der Waals surface area contributed by atoms with E-state index in [1.54, 1.807) is 6.07 Å². The van der Waals surface area contributed by atoms with Gasteiger partial charge in [0.05, 0.1) is 37.1 Å². The lowest BCUT2D eigenvalue weighted by Gasteiger charge is -2.23. The molecular weight excluding hydrogens is 446 g/mol. The molecule has 2 heterocycles. The highest BCUT2D eigenvalue weighted by Gasteiger charge is 2.27. The van der Waals surface area contributed by atoms with E-state index in [0.29, 0.717) is 34.0 Å². The average Bonchev–Trinajstić information content (AvgIpc) is 3.22. The van der Waals surface area contributed by atoms with Gasteiger partial charge in [0.2, 0.25) is 11.8 Å². The first kappa shape index (κ1) is 24.2. The molecule has 0 bridgehead atoms. The SMILES string of the molecule is CC[C@H](C)[C@H](NC(=O)Cn1cnc2cc(OC)c(OC)cc2c1=O)C(=O)Nc1nc(C)cs1. The van der Waals surface area contributed by atoms with Crippen LogP contribution >= 0.6 is 11.3 Å². The molecular formula is C22H27N5O5S. The Morgan fingerprint density at radius 3 is 2.52 bits per heavy atom. The van der Waals surface area contributed by atoms with Crippen molar-refractivity contribution < 1.29 is 19.1 Å². The maximum atomic E-state index is 12.9. The number of carbonyl (C=O) groups is 2. The number of thiazole rings is 1. The summed E-state index contributed by atoms with van der Waals surface area (Å²) in [6, 6.07) is 2.35. The van der Waals surface area contributed by atoms with Crippen molar-refractivity contribution in [1.82, 2.24) is 19.9 Å². The molecule has 2 aromatic heterocycles. The molecule has 0 saturated heterocycles. The fourth-order valence-electron chi connectivity index (χ4n) is 3.27. The van der Waals surface area contributed by atoms with Crippen molar-refractivity contribution in [2.75, 3.05) is 19.5 Å². The number of fused-ring (bicyclic) bond motifs is 1. The molecule has 0 unspecified atom stereocenters. The number of rotatable bonds is 9. The molecule has 1 aromatic carbocycles. The van der Waals surface area contributed by atoms with Crippen LogP contribution in [0, 0.1) is 12.8 Å². The summed E-state index contributed by atoms with van der Waals surface area (Å²) in [5, 5.41) is 8.10. The van der Waals surface area contributed by atoms with Gasteiger partial charge in [-0.15, -0.1) is 11.3 Å². The van der Waals surface area contributed by atoms with Gasteiger partial charge in [-0.05, 0) is 18.9 Å². The third-order valence-corrected chi connectivity index (χ3v) is 6.18. The molecule has 176 valence electrons. The van der Waals surface area contributed by atoms with Crippen LogP contribution < -0.4 is 25.7 Å². The summed E-state index contributed by atoms with van der Waals surface area (Å²) < 4.78 is 11.7. The minimum Gasteiger partial charge on any atom is -0.493 e. The molecule has 0 aliphatic heterocycles. The van der Waals surface area contributed by atoms with Gasteiger partial charge in [0.1, 0.15) is 12.6 Å². The summed E-state index contributed by atoms with van der Waals surface area (Å²) >= 11 is 1.32. The fourth-order valence-corrected chi connectivity index (χ4v) is 3.96. The number of nitrogens with one attached hydrogen (secondary N) is 2. The van der Waals surface area contributed by atoms with E-state index in [1.807, 2.05) is 26.2 Å². The molecule has 3 rings (SSSR count). The molecule has 0 spiro atoms. The number of nitrogens with zero attached hydrogens (tertiary/aromatic N) is 3. The van der Waals surface area contributed by atoms with Crippen LogP contribution in [-0.2, 0) is 16.1 Å². The van der Waals surface area contributed by atoms with Crippen LogP contribution in [0.2, 0.25) is 0 Å². The summed E-state index contributed by atoms with van der Waals surface area (Å²) in [6.45, 7) is 5.36. The number of hydrogen-bond acceptors (Lipinski definition) is 8. The molecule has 0 radical (unpaired) electrons. The predicted octanol–water partition coefficient (Wildman–Crippen LogP) is 2.35. The van der Waals surface area contributed by atoms with Gasteiger partial charge in [0.15, 0.2) is 16.6 Å². The molecule has 0 fully saturated rings. The number of amides is 2. The molecule has 0 saturated carbocycles. The molecule has 2 amide bonds. The molecule has 33 heavy (non-hydrogen) atoms. The Bertz CT molecular complexity index is 1220. The Balaban J connectivity index is 1.80. The van der Waals surface area contributed by atoms with Crippen LogP contribution in [0.25, 0.3) is 10.9 Å². The molecule has 3 aromatic rings. The van der Waals surface area contributed by atoms with Gasteiger partial charge in [0, 0.05) is 11.4 Å². The van der Waals surface area contributed by atoms with Crippen LogP contribution in [0.5, 0.6) is 11.5 Å². The van der Waals surface area contributed by atoms with E-state index < -0.39 is 17.5 Å². The van der Waals surface area contributed by atoms with Crippen molar-refractivity contribution in [3.63, 3.8) is 0 Å². The van der Waals surface area contributed by atoms with Gasteiger partial charge in [-0.25, -0.2) is 9.97 Å². The van der Waals surface area contributed by atoms with Crippen LogP contribution in [0.1, 0.15) is 26.0 Å². The zero-order valence-electron chi connectivity index (χ0n) is 19.2. The molecule has 0 aliphatic rings. The standard InChI is InChI=1S/C22H27N5O5S/c1-6-12(2)19(20(29)26-22-24-13(3)10-33-22)25-18(28)9-27-11-23-15-8-17(32-5)16(31-4)7-14(15)21(27)30/h7-8,10-12,19H,6,9H2,1-5H3,(H,25,28)(H,24,26,29)/t12-,19-/m0/s1. The van der Waals surface area contributed by atoms with E-state index in [4.69, 9.17) is 9.47 Å². The van der Waals surface area contributed by atoms with Crippen molar-refractivity contribution in [2.45, 2.75) is 39.8 Å². The monoisotopic (exact) mass is 473 g/mol. The third kappa shape index (κ3) is 5.48. The van der Waals surface area contributed by atoms with Crippen LogP contribution in [0.15, 0.2) is 28.6 Å².